The van der Waals surface area contributed by atoms with Crippen molar-refractivity contribution in [2.24, 2.45) is 11.7 Å². The molecular weight excluding hydrogens is 543 g/mol. The average molecular weight is 577 g/mol. The second-order valence-corrected chi connectivity index (χ2v) is 11.5. The number of carbonyl (C=O) groups excluding carboxylic acids is 2. The highest BCUT2D eigenvalue weighted by Gasteiger charge is 2.57. The molecule has 41 heavy (non-hydrogen) atoms. The molecule has 0 aliphatic heterocycles. The number of amides is 2. The minimum atomic E-state index is -4.49. The Bertz CT molecular complexity index is 1290. The van der Waals surface area contributed by atoms with Gasteiger partial charge in [0.2, 0.25) is 11.8 Å². The lowest BCUT2D eigenvalue weighted by molar-refractivity contribution is -0.139. The standard InChI is InChI=1S/C30H33F5N4O2/c1-18(2)15-23(26(37)40)39(28(16-36)11-12-28)24(25(31)32)21-5-3-19(4-6-21)20-7-9-22(10-8-20)29(13-14-29)27(41)38-17-30(33,34)35/h3-10,18,23-25H,11-15,17H2,1-2H3,(H2,37,40)(H,38,41)/t23-,24-/m0/s1. The monoisotopic (exact) mass is 576 g/mol. The van der Waals surface area contributed by atoms with E-state index < -0.39 is 54.0 Å². The summed E-state index contributed by atoms with van der Waals surface area (Å²) in [4.78, 5) is 26.2. The first-order valence-corrected chi connectivity index (χ1v) is 13.6. The number of hydrogen-bond donors (Lipinski definition) is 2. The first-order valence-electron chi connectivity index (χ1n) is 13.6. The van der Waals surface area contributed by atoms with Crippen LogP contribution in [0.25, 0.3) is 11.1 Å². The quantitative estimate of drug-likeness (QED) is 0.320. The van der Waals surface area contributed by atoms with Gasteiger partial charge in [-0.1, -0.05) is 62.4 Å². The summed E-state index contributed by atoms with van der Waals surface area (Å²) in [5, 5.41) is 11.9. The van der Waals surface area contributed by atoms with Crippen molar-refractivity contribution in [2.75, 3.05) is 6.54 Å². The third kappa shape index (κ3) is 6.53. The lowest BCUT2D eigenvalue weighted by atomic mass is 9.91. The van der Waals surface area contributed by atoms with E-state index in [1.807, 2.05) is 19.2 Å². The molecule has 220 valence electrons. The maximum absolute atomic E-state index is 14.7. The summed E-state index contributed by atoms with van der Waals surface area (Å²) in [5.41, 5.74) is 5.79. The molecule has 0 aromatic heterocycles. The SMILES string of the molecule is CC(C)C[C@@H](C(N)=O)N([C@@H](c1ccc(-c2ccc(C3(C(=O)NCC(F)(F)F)CC3)cc2)cc1)C(F)F)C1(C#N)CC1. The minimum absolute atomic E-state index is 0.0151. The van der Waals surface area contributed by atoms with Crippen LogP contribution in [0.3, 0.4) is 0 Å². The molecule has 4 rings (SSSR count). The van der Waals surface area contributed by atoms with Crippen molar-refractivity contribution in [3.8, 4) is 17.2 Å². The summed E-state index contributed by atoms with van der Waals surface area (Å²) in [6, 6.07) is 12.9. The molecule has 2 amide bonds. The van der Waals surface area contributed by atoms with Crippen molar-refractivity contribution in [2.45, 2.75) is 81.6 Å². The van der Waals surface area contributed by atoms with Gasteiger partial charge in [-0.15, -0.1) is 0 Å². The summed E-state index contributed by atoms with van der Waals surface area (Å²) < 4.78 is 67.0. The van der Waals surface area contributed by atoms with Crippen molar-refractivity contribution in [1.29, 1.82) is 5.26 Å². The zero-order valence-electron chi connectivity index (χ0n) is 22.8. The zero-order chi connectivity index (χ0) is 30.2. The van der Waals surface area contributed by atoms with Gasteiger partial charge in [0.15, 0.2) is 0 Å². The third-order valence-electron chi connectivity index (χ3n) is 7.98. The van der Waals surface area contributed by atoms with Gasteiger partial charge in [-0.3, -0.25) is 14.5 Å². The number of primary amides is 1. The van der Waals surface area contributed by atoms with E-state index in [4.69, 9.17) is 5.73 Å². The largest absolute Gasteiger partial charge is 0.405 e. The van der Waals surface area contributed by atoms with Crippen molar-refractivity contribution < 1.29 is 31.5 Å². The minimum Gasteiger partial charge on any atom is -0.368 e. The van der Waals surface area contributed by atoms with Gasteiger partial charge < -0.3 is 11.1 Å². The highest BCUT2D eigenvalue weighted by molar-refractivity contribution is 5.91. The van der Waals surface area contributed by atoms with E-state index in [2.05, 4.69) is 6.07 Å². The molecule has 2 aromatic carbocycles. The number of nitrogens with one attached hydrogen (secondary N) is 1. The zero-order valence-corrected chi connectivity index (χ0v) is 22.8. The maximum Gasteiger partial charge on any atom is 0.405 e. The first kappa shape index (κ1) is 30.4. The van der Waals surface area contributed by atoms with Gasteiger partial charge in [0.25, 0.3) is 6.43 Å². The van der Waals surface area contributed by atoms with Crippen molar-refractivity contribution in [3.05, 3.63) is 59.7 Å². The Labute approximate surface area is 235 Å². The molecule has 2 fully saturated rings. The Kier molecular flexibility index (Phi) is 8.46. The Hall–Kier alpha value is -3.52. The van der Waals surface area contributed by atoms with E-state index in [1.54, 1.807) is 48.5 Å². The first-order chi connectivity index (χ1) is 19.2. The van der Waals surface area contributed by atoms with E-state index in [1.165, 1.54) is 4.90 Å². The van der Waals surface area contributed by atoms with Crippen LogP contribution in [0.15, 0.2) is 48.5 Å². The number of alkyl halides is 5. The summed E-state index contributed by atoms with van der Waals surface area (Å²) >= 11 is 0. The molecule has 0 heterocycles. The molecule has 2 aliphatic rings. The van der Waals surface area contributed by atoms with E-state index in [0.29, 0.717) is 36.8 Å². The van der Waals surface area contributed by atoms with Gasteiger partial charge in [-0.05, 0) is 60.3 Å². The predicted octanol–water partition coefficient (Wildman–Crippen LogP) is 5.63. The fourth-order valence-corrected chi connectivity index (χ4v) is 5.52. The molecule has 3 N–H and O–H groups in total. The third-order valence-corrected chi connectivity index (χ3v) is 7.98. The molecule has 0 radical (unpaired) electrons. The van der Waals surface area contributed by atoms with E-state index in [0.717, 1.165) is 5.56 Å². The van der Waals surface area contributed by atoms with Crippen molar-refractivity contribution in [3.63, 3.8) is 0 Å². The number of benzene rings is 2. The molecule has 2 atom stereocenters. The topological polar surface area (TPSA) is 99.2 Å². The Morgan fingerprint density at radius 2 is 1.54 bits per heavy atom. The molecule has 2 aromatic rings. The Balaban J connectivity index is 1.58. The van der Waals surface area contributed by atoms with Gasteiger partial charge >= 0.3 is 6.18 Å². The smallest absolute Gasteiger partial charge is 0.368 e. The van der Waals surface area contributed by atoms with Gasteiger partial charge in [-0.2, -0.15) is 18.4 Å². The molecule has 2 aliphatic carbocycles. The number of nitrogens with zero attached hydrogens (tertiary/aromatic N) is 2. The number of rotatable bonds is 12. The second-order valence-electron chi connectivity index (χ2n) is 11.5. The molecule has 2 saturated carbocycles. The number of nitriles is 1. The van der Waals surface area contributed by atoms with Crippen LogP contribution in [0.1, 0.15) is 63.1 Å². The van der Waals surface area contributed by atoms with Gasteiger partial charge in [-0.25, -0.2) is 8.78 Å². The maximum atomic E-state index is 14.7. The van der Waals surface area contributed by atoms with Crippen LogP contribution in [0, 0.1) is 17.2 Å². The normalized spacial score (nSPS) is 18.6. The van der Waals surface area contributed by atoms with Gasteiger partial charge in [0.1, 0.15) is 12.1 Å². The summed E-state index contributed by atoms with van der Waals surface area (Å²) in [5.74, 6) is -1.42. The highest BCUT2D eigenvalue weighted by atomic mass is 19.4. The summed E-state index contributed by atoms with van der Waals surface area (Å²) in [6.07, 6.45) is -5.51. The second kappa shape index (κ2) is 11.4. The van der Waals surface area contributed by atoms with Crippen molar-refractivity contribution >= 4 is 11.8 Å². The molecule has 0 bridgehead atoms. The van der Waals surface area contributed by atoms with Crippen LogP contribution in [-0.2, 0) is 15.0 Å². The highest BCUT2D eigenvalue weighted by Crippen LogP contribution is 2.50. The number of nitrogens with two attached hydrogens (primary N) is 1. The fraction of sp³-hybridized carbons (Fsp3) is 0.500. The molecule has 0 unspecified atom stereocenters. The average Bonchev–Trinajstić information content (AvgIpc) is 3.84. The summed E-state index contributed by atoms with van der Waals surface area (Å²) in [6.45, 7) is 2.33. The molecule has 0 saturated heterocycles. The van der Waals surface area contributed by atoms with Gasteiger partial charge in [0, 0.05) is 0 Å². The molecular formula is C30H33F5N4O2. The van der Waals surface area contributed by atoms with Crippen LogP contribution in [0.2, 0.25) is 0 Å². The van der Waals surface area contributed by atoms with E-state index >= 15 is 0 Å². The van der Waals surface area contributed by atoms with Crippen molar-refractivity contribution in [1.82, 2.24) is 10.2 Å². The number of carbonyl (C=O) groups is 2. The fourth-order valence-electron chi connectivity index (χ4n) is 5.52. The molecule has 0 spiro atoms. The van der Waals surface area contributed by atoms with Crippen LogP contribution < -0.4 is 11.1 Å². The predicted molar refractivity (Wildman–Crippen MR) is 142 cm³/mol. The summed E-state index contributed by atoms with van der Waals surface area (Å²) in [7, 11) is 0. The number of halogens is 5. The van der Waals surface area contributed by atoms with Crippen LogP contribution in [0.5, 0.6) is 0 Å². The van der Waals surface area contributed by atoms with Gasteiger partial charge in [0.05, 0.1) is 23.6 Å². The lowest BCUT2D eigenvalue weighted by Gasteiger charge is -2.40. The Morgan fingerprint density at radius 3 is 1.93 bits per heavy atom. The van der Waals surface area contributed by atoms with Crippen LogP contribution in [0.4, 0.5) is 22.0 Å². The van der Waals surface area contributed by atoms with E-state index in [9.17, 15) is 36.8 Å². The molecule has 6 nitrogen and oxygen atoms in total. The lowest BCUT2D eigenvalue weighted by Crippen LogP contribution is -2.54. The molecule has 11 heteroatoms. The van der Waals surface area contributed by atoms with Crippen LogP contribution in [-0.4, -0.2) is 47.4 Å². The van der Waals surface area contributed by atoms with E-state index in [-0.39, 0.29) is 17.9 Å². The number of hydrogen-bond acceptors (Lipinski definition) is 4. The van der Waals surface area contributed by atoms with Crippen LogP contribution >= 0.6 is 0 Å². The Morgan fingerprint density at radius 1 is 1.00 bits per heavy atom.